The van der Waals surface area contributed by atoms with Crippen molar-refractivity contribution in [2.24, 2.45) is 0 Å². The molecule has 0 aromatic heterocycles. The number of hydrogen-bond acceptors (Lipinski definition) is 6. The van der Waals surface area contributed by atoms with Crippen molar-refractivity contribution in [2.45, 2.75) is 4.90 Å². The number of carbonyl (C=O) groups excluding carboxylic acids is 2. The average molecular weight is 336 g/mol. The van der Waals surface area contributed by atoms with Crippen molar-refractivity contribution in [1.82, 2.24) is 4.90 Å². The average Bonchev–Trinajstić information content (AvgIpc) is 2.49. The Morgan fingerprint density at radius 1 is 1.13 bits per heavy atom. The zero-order chi connectivity index (χ0) is 16.9. The lowest BCUT2D eigenvalue weighted by Gasteiger charge is -2.27. The van der Waals surface area contributed by atoms with Crippen LogP contribution in [0.15, 0.2) is 29.2 Å². The largest absolute Gasteiger partial charge is 0.397 e. The lowest BCUT2D eigenvalue weighted by molar-refractivity contribution is 0.0580. The summed E-state index contributed by atoms with van der Waals surface area (Å²) in [6, 6.07) is 5.40. The third-order valence-corrected chi connectivity index (χ3v) is 4.61. The van der Waals surface area contributed by atoms with Crippen LogP contribution >= 0.6 is 0 Å². The minimum absolute atomic E-state index is 0.0644. The summed E-state index contributed by atoms with van der Waals surface area (Å²) in [6.07, 6.45) is 0. The van der Waals surface area contributed by atoms with E-state index in [2.05, 4.69) is 0 Å². The number of hydrogen-bond donors (Lipinski definition) is 3. The van der Waals surface area contributed by atoms with Gasteiger partial charge in [0.15, 0.2) is 0 Å². The molecule has 0 atom stereocenters. The molecule has 8 nitrogen and oxygen atoms in total. The van der Waals surface area contributed by atoms with Crippen LogP contribution in [0.25, 0.3) is 10.8 Å². The minimum Gasteiger partial charge on any atom is -0.397 e. The first kappa shape index (κ1) is 15.4. The normalized spacial score (nSPS) is 14.6. The maximum absolute atomic E-state index is 12.5. The van der Waals surface area contributed by atoms with Crippen molar-refractivity contribution in [3.8, 4) is 0 Å². The molecule has 3 rings (SSSR count). The molecule has 2 aromatic carbocycles. The first-order chi connectivity index (χ1) is 10.8. The van der Waals surface area contributed by atoms with Crippen molar-refractivity contribution in [2.75, 3.05) is 18.9 Å². The molecular formula is C14H12N2O6S. The van der Waals surface area contributed by atoms with Gasteiger partial charge in [0.25, 0.3) is 21.9 Å². The van der Waals surface area contributed by atoms with Gasteiger partial charge in [-0.2, -0.15) is 8.42 Å². The van der Waals surface area contributed by atoms with E-state index in [4.69, 9.17) is 10.8 Å². The Morgan fingerprint density at radius 3 is 2.39 bits per heavy atom. The van der Waals surface area contributed by atoms with Crippen molar-refractivity contribution in [1.29, 1.82) is 0 Å². The van der Waals surface area contributed by atoms with Crippen LogP contribution in [-0.2, 0) is 10.1 Å². The molecule has 23 heavy (non-hydrogen) atoms. The Hall–Kier alpha value is -2.49. The molecule has 0 unspecified atom stereocenters. The standard InChI is InChI=1S/C14H12N2O6S/c15-12-7-2-1-3-8-11(7)9(6-10(12)23(20,21)22)14(19)16(4-5-17)13(8)18/h1-3,6,17H,4-5,15H2,(H,20,21,22). The van der Waals surface area contributed by atoms with E-state index < -0.39 is 33.4 Å². The van der Waals surface area contributed by atoms with Crippen molar-refractivity contribution >= 4 is 38.4 Å². The van der Waals surface area contributed by atoms with Crippen LogP contribution in [0.2, 0.25) is 0 Å². The third kappa shape index (κ3) is 2.17. The highest BCUT2D eigenvalue weighted by Gasteiger charge is 2.34. The Bertz CT molecular complexity index is 967. The van der Waals surface area contributed by atoms with E-state index in [-0.39, 0.29) is 34.1 Å². The van der Waals surface area contributed by atoms with Gasteiger partial charge in [0.1, 0.15) is 4.90 Å². The Labute approximate surface area is 130 Å². The number of imide groups is 1. The summed E-state index contributed by atoms with van der Waals surface area (Å²) < 4.78 is 32.3. The maximum atomic E-state index is 12.5. The molecule has 0 radical (unpaired) electrons. The number of amides is 2. The fourth-order valence-electron chi connectivity index (χ4n) is 2.73. The van der Waals surface area contributed by atoms with Crippen LogP contribution in [0.3, 0.4) is 0 Å². The highest BCUT2D eigenvalue weighted by molar-refractivity contribution is 7.86. The summed E-state index contributed by atoms with van der Waals surface area (Å²) in [5, 5.41) is 9.45. The van der Waals surface area contributed by atoms with Crippen LogP contribution in [-0.4, -0.2) is 47.9 Å². The second kappa shape index (κ2) is 5.01. The van der Waals surface area contributed by atoms with E-state index >= 15 is 0 Å². The van der Waals surface area contributed by atoms with E-state index in [0.29, 0.717) is 0 Å². The lowest BCUT2D eigenvalue weighted by atomic mass is 9.93. The van der Waals surface area contributed by atoms with E-state index in [9.17, 15) is 22.6 Å². The van der Waals surface area contributed by atoms with Gasteiger partial charge in [-0.05, 0) is 12.1 Å². The van der Waals surface area contributed by atoms with Crippen LogP contribution in [0.5, 0.6) is 0 Å². The number of anilines is 1. The minimum atomic E-state index is -4.64. The van der Waals surface area contributed by atoms with Gasteiger partial charge in [-0.1, -0.05) is 12.1 Å². The van der Waals surface area contributed by atoms with E-state index in [0.717, 1.165) is 11.0 Å². The van der Waals surface area contributed by atoms with Gasteiger partial charge in [-0.3, -0.25) is 19.0 Å². The summed E-state index contributed by atoms with van der Waals surface area (Å²) >= 11 is 0. The van der Waals surface area contributed by atoms with Crippen LogP contribution in [0, 0.1) is 0 Å². The second-order valence-electron chi connectivity index (χ2n) is 5.02. The number of carbonyl (C=O) groups is 2. The lowest BCUT2D eigenvalue weighted by Crippen LogP contribution is -2.42. The molecule has 4 N–H and O–H groups in total. The molecule has 9 heteroatoms. The zero-order valence-corrected chi connectivity index (χ0v) is 12.5. The van der Waals surface area contributed by atoms with Gasteiger partial charge in [-0.15, -0.1) is 0 Å². The number of benzene rings is 2. The van der Waals surface area contributed by atoms with Gasteiger partial charge < -0.3 is 10.8 Å². The van der Waals surface area contributed by atoms with E-state index in [1.165, 1.54) is 18.2 Å². The Balaban J connectivity index is 2.45. The molecule has 1 aliphatic rings. The van der Waals surface area contributed by atoms with Crippen molar-refractivity contribution in [3.63, 3.8) is 0 Å². The first-order valence-electron chi connectivity index (χ1n) is 6.57. The topological polar surface area (TPSA) is 138 Å². The fraction of sp³-hybridized carbons (Fsp3) is 0.143. The van der Waals surface area contributed by atoms with E-state index in [1.807, 2.05) is 0 Å². The zero-order valence-electron chi connectivity index (χ0n) is 11.7. The molecule has 0 spiro atoms. The molecule has 2 aromatic rings. The quantitative estimate of drug-likeness (QED) is 0.415. The second-order valence-corrected chi connectivity index (χ2v) is 6.41. The highest BCUT2D eigenvalue weighted by atomic mass is 32.2. The summed E-state index contributed by atoms with van der Waals surface area (Å²) in [6.45, 7) is -0.651. The first-order valence-corrected chi connectivity index (χ1v) is 8.01. The predicted molar refractivity (Wildman–Crippen MR) is 80.6 cm³/mol. The van der Waals surface area contributed by atoms with E-state index in [1.54, 1.807) is 0 Å². The molecule has 0 fully saturated rings. The number of nitrogen functional groups attached to an aromatic ring is 1. The van der Waals surface area contributed by atoms with Gasteiger partial charge in [0.05, 0.1) is 24.4 Å². The number of aliphatic hydroxyl groups excluding tert-OH is 1. The third-order valence-electron chi connectivity index (χ3n) is 3.72. The molecule has 1 heterocycles. The molecule has 0 bridgehead atoms. The van der Waals surface area contributed by atoms with Crippen molar-refractivity contribution in [3.05, 3.63) is 35.4 Å². The molecule has 0 aliphatic carbocycles. The summed E-state index contributed by atoms with van der Waals surface area (Å²) in [5.41, 5.74) is 5.67. The number of nitrogens with two attached hydrogens (primary N) is 1. The van der Waals surface area contributed by atoms with Gasteiger partial charge in [0, 0.05) is 16.3 Å². The van der Waals surface area contributed by atoms with Gasteiger partial charge in [-0.25, -0.2) is 0 Å². The smallest absolute Gasteiger partial charge is 0.296 e. The molecular weight excluding hydrogens is 324 g/mol. The molecule has 2 amide bonds. The van der Waals surface area contributed by atoms with Crippen molar-refractivity contribution < 1.29 is 27.7 Å². The molecule has 120 valence electrons. The van der Waals surface area contributed by atoms with Gasteiger partial charge in [0.2, 0.25) is 0 Å². The van der Waals surface area contributed by atoms with Gasteiger partial charge >= 0.3 is 0 Å². The molecule has 0 saturated heterocycles. The number of β-amino-alcohol motifs (C(OH)–C–C–N with tert-alkyl or cyclic N) is 1. The Kier molecular flexibility index (Phi) is 3.36. The van der Waals surface area contributed by atoms with Crippen LogP contribution in [0.1, 0.15) is 20.7 Å². The summed E-state index contributed by atoms with van der Waals surface area (Å²) in [5.74, 6) is -1.35. The Morgan fingerprint density at radius 2 is 1.78 bits per heavy atom. The summed E-state index contributed by atoms with van der Waals surface area (Å²) in [7, 11) is -4.64. The van der Waals surface area contributed by atoms with Crippen LogP contribution < -0.4 is 5.73 Å². The summed E-state index contributed by atoms with van der Waals surface area (Å²) in [4.78, 5) is 25.1. The highest BCUT2D eigenvalue weighted by Crippen LogP contribution is 2.36. The molecule has 1 aliphatic heterocycles. The number of nitrogens with zero attached hydrogens (tertiary/aromatic N) is 1. The molecule has 0 saturated carbocycles. The van der Waals surface area contributed by atoms with Crippen LogP contribution in [0.4, 0.5) is 5.69 Å². The SMILES string of the molecule is Nc1c(S(=O)(=O)O)cc2c3c(cccc13)C(=O)N(CCO)C2=O. The maximum Gasteiger partial charge on any atom is 0.296 e. The fourth-order valence-corrected chi connectivity index (χ4v) is 3.38. The monoisotopic (exact) mass is 336 g/mol. The number of aliphatic hydroxyl groups is 1. The number of rotatable bonds is 3. The predicted octanol–water partition coefficient (Wildman–Crippen LogP) is 0.257.